The van der Waals surface area contributed by atoms with Crippen LogP contribution in [0, 0.1) is 5.82 Å². The zero-order chi connectivity index (χ0) is 15.3. The first-order valence-electron chi connectivity index (χ1n) is 5.82. The number of rotatable bonds is 6. The van der Waals surface area contributed by atoms with Crippen molar-refractivity contribution in [3.63, 3.8) is 0 Å². The molecule has 0 fully saturated rings. The molecule has 0 saturated heterocycles. The summed E-state index contributed by atoms with van der Waals surface area (Å²) in [5, 5.41) is 30.6. The zero-order valence-electron chi connectivity index (χ0n) is 10.7. The number of amides is 1. The van der Waals surface area contributed by atoms with Gasteiger partial charge in [-0.2, -0.15) is 0 Å². The molecule has 7 nitrogen and oxygen atoms in total. The SMILES string of the molecule is CC(=O)NCCC(O)C(O)c1nccc(C(=O)O)c1F. The number of carboxylic acid groups (broad SMARTS) is 1. The zero-order valence-corrected chi connectivity index (χ0v) is 10.7. The number of aromatic carboxylic acids is 1. The van der Waals surface area contributed by atoms with E-state index in [2.05, 4.69) is 10.3 Å². The summed E-state index contributed by atoms with van der Waals surface area (Å²) < 4.78 is 13.8. The van der Waals surface area contributed by atoms with Crippen LogP contribution < -0.4 is 5.32 Å². The van der Waals surface area contributed by atoms with Crippen LogP contribution in [0.2, 0.25) is 0 Å². The van der Waals surface area contributed by atoms with Gasteiger partial charge in [-0.1, -0.05) is 0 Å². The van der Waals surface area contributed by atoms with Gasteiger partial charge in [-0.15, -0.1) is 0 Å². The first kappa shape index (κ1) is 16.0. The number of carbonyl (C=O) groups excluding carboxylic acids is 1. The Morgan fingerprint density at radius 3 is 2.65 bits per heavy atom. The number of pyridine rings is 1. The minimum Gasteiger partial charge on any atom is -0.478 e. The van der Waals surface area contributed by atoms with Crippen LogP contribution in [0.15, 0.2) is 12.3 Å². The average Bonchev–Trinajstić information content (AvgIpc) is 2.37. The van der Waals surface area contributed by atoms with E-state index in [0.29, 0.717) is 0 Å². The van der Waals surface area contributed by atoms with Gasteiger partial charge >= 0.3 is 5.97 Å². The third kappa shape index (κ3) is 3.97. The predicted molar refractivity (Wildman–Crippen MR) is 65.4 cm³/mol. The molecule has 0 aliphatic carbocycles. The molecule has 0 bridgehead atoms. The largest absolute Gasteiger partial charge is 0.478 e. The van der Waals surface area contributed by atoms with Crippen LogP contribution in [0.25, 0.3) is 0 Å². The highest BCUT2D eigenvalue weighted by molar-refractivity contribution is 5.87. The molecular formula is C12H15FN2O5. The number of aliphatic hydroxyl groups is 2. The topological polar surface area (TPSA) is 120 Å². The summed E-state index contributed by atoms with van der Waals surface area (Å²) in [6, 6.07) is 0.956. The summed E-state index contributed by atoms with van der Waals surface area (Å²) in [6.45, 7) is 1.38. The highest BCUT2D eigenvalue weighted by atomic mass is 19.1. The molecule has 1 aromatic heterocycles. The minimum atomic E-state index is -1.68. The molecule has 1 rings (SSSR count). The van der Waals surface area contributed by atoms with E-state index >= 15 is 0 Å². The number of nitrogens with one attached hydrogen (secondary N) is 1. The van der Waals surface area contributed by atoms with Crippen molar-refractivity contribution in [2.45, 2.75) is 25.6 Å². The quantitative estimate of drug-likeness (QED) is 0.577. The molecule has 0 aromatic carbocycles. The summed E-state index contributed by atoms with van der Waals surface area (Å²) in [6.07, 6.45) is -2.05. The van der Waals surface area contributed by atoms with Gasteiger partial charge in [-0.25, -0.2) is 9.18 Å². The van der Waals surface area contributed by atoms with Crippen LogP contribution >= 0.6 is 0 Å². The van der Waals surface area contributed by atoms with Crippen LogP contribution in [0.4, 0.5) is 4.39 Å². The van der Waals surface area contributed by atoms with Crippen molar-refractivity contribution in [1.82, 2.24) is 10.3 Å². The standard InChI is InChI=1S/C12H15FN2O5/c1-6(16)14-5-3-8(17)11(18)10-9(13)7(12(19)20)2-4-15-10/h2,4,8,11,17-18H,3,5H2,1H3,(H,14,16)(H,19,20). The number of halogens is 1. The van der Waals surface area contributed by atoms with E-state index in [9.17, 15) is 24.2 Å². The monoisotopic (exact) mass is 286 g/mol. The molecule has 1 amide bonds. The maximum Gasteiger partial charge on any atom is 0.338 e. The summed E-state index contributed by atoms with van der Waals surface area (Å²) >= 11 is 0. The van der Waals surface area contributed by atoms with Gasteiger partial charge in [0.2, 0.25) is 5.91 Å². The number of nitrogens with zero attached hydrogens (tertiary/aromatic N) is 1. The third-order valence-electron chi connectivity index (χ3n) is 2.61. The molecule has 8 heteroatoms. The van der Waals surface area contributed by atoms with Crippen LogP contribution in [-0.4, -0.2) is 44.8 Å². The smallest absolute Gasteiger partial charge is 0.338 e. The highest BCUT2D eigenvalue weighted by Crippen LogP contribution is 2.21. The van der Waals surface area contributed by atoms with E-state index in [4.69, 9.17) is 5.11 Å². The van der Waals surface area contributed by atoms with E-state index in [1.165, 1.54) is 6.92 Å². The molecule has 20 heavy (non-hydrogen) atoms. The number of aromatic nitrogens is 1. The second-order valence-electron chi connectivity index (χ2n) is 4.15. The molecule has 0 aliphatic heterocycles. The summed E-state index contributed by atoms with van der Waals surface area (Å²) in [7, 11) is 0. The van der Waals surface area contributed by atoms with Crippen molar-refractivity contribution < 1.29 is 29.3 Å². The maximum atomic E-state index is 13.8. The van der Waals surface area contributed by atoms with Crippen LogP contribution in [-0.2, 0) is 4.79 Å². The van der Waals surface area contributed by atoms with Crippen molar-refractivity contribution in [3.8, 4) is 0 Å². The molecule has 1 aromatic rings. The van der Waals surface area contributed by atoms with E-state index in [1.54, 1.807) is 0 Å². The Hall–Kier alpha value is -2.06. The van der Waals surface area contributed by atoms with Gasteiger partial charge in [0, 0.05) is 19.7 Å². The third-order valence-corrected chi connectivity index (χ3v) is 2.61. The highest BCUT2D eigenvalue weighted by Gasteiger charge is 2.25. The average molecular weight is 286 g/mol. The van der Waals surface area contributed by atoms with Crippen LogP contribution in [0.3, 0.4) is 0 Å². The lowest BCUT2D eigenvalue weighted by Gasteiger charge is -2.18. The lowest BCUT2D eigenvalue weighted by atomic mass is 10.0. The Morgan fingerprint density at radius 1 is 1.45 bits per heavy atom. The van der Waals surface area contributed by atoms with Gasteiger partial charge in [0.25, 0.3) is 0 Å². The number of hydrogen-bond acceptors (Lipinski definition) is 5. The molecule has 1 heterocycles. The van der Waals surface area contributed by atoms with Crippen molar-refractivity contribution in [2.75, 3.05) is 6.54 Å². The number of aliphatic hydroxyl groups excluding tert-OH is 2. The predicted octanol–water partition coefficient (Wildman–Crippen LogP) is -0.161. The second-order valence-corrected chi connectivity index (χ2v) is 4.15. The Labute approximate surface area is 114 Å². The van der Waals surface area contributed by atoms with Gasteiger partial charge in [0.05, 0.1) is 11.7 Å². The van der Waals surface area contributed by atoms with E-state index in [0.717, 1.165) is 12.3 Å². The fourth-order valence-corrected chi connectivity index (χ4v) is 1.57. The van der Waals surface area contributed by atoms with Gasteiger partial charge in [0.1, 0.15) is 11.8 Å². The van der Waals surface area contributed by atoms with Gasteiger partial charge in [-0.3, -0.25) is 9.78 Å². The molecule has 0 spiro atoms. The number of carboxylic acids is 1. The molecule has 0 saturated carbocycles. The molecule has 0 aliphatic rings. The summed E-state index contributed by atoms with van der Waals surface area (Å²) in [5.41, 5.74) is -1.18. The number of hydrogen-bond donors (Lipinski definition) is 4. The number of carbonyl (C=O) groups is 2. The molecule has 4 N–H and O–H groups in total. The molecule has 2 unspecified atom stereocenters. The first-order chi connectivity index (χ1) is 9.34. The van der Waals surface area contributed by atoms with Gasteiger partial charge < -0.3 is 20.6 Å². The lowest BCUT2D eigenvalue weighted by Crippen LogP contribution is -2.28. The lowest BCUT2D eigenvalue weighted by molar-refractivity contribution is -0.119. The van der Waals surface area contributed by atoms with E-state index in [1.807, 2.05) is 0 Å². The molecule has 110 valence electrons. The molecular weight excluding hydrogens is 271 g/mol. The van der Waals surface area contributed by atoms with E-state index in [-0.39, 0.29) is 18.9 Å². The Kier molecular flexibility index (Phi) is 5.53. The van der Waals surface area contributed by atoms with Gasteiger partial charge in [0.15, 0.2) is 5.82 Å². The summed E-state index contributed by atoms with van der Waals surface area (Å²) in [4.78, 5) is 24.9. The normalized spacial score (nSPS) is 13.6. The van der Waals surface area contributed by atoms with Crippen molar-refractivity contribution in [2.24, 2.45) is 0 Å². The Bertz CT molecular complexity index is 509. The fourth-order valence-electron chi connectivity index (χ4n) is 1.57. The van der Waals surface area contributed by atoms with Gasteiger partial charge in [-0.05, 0) is 12.5 Å². The van der Waals surface area contributed by atoms with Crippen LogP contribution in [0.5, 0.6) is 0 Å². The van der Waals surface area contributed by atoms with E-state index < -0.39 is 35.3 Å². The van der Waals surface area contributed by atoms with Crippen molar-refractivity contribution in [1.29, 1.82) is 0 Å². The summed E-state index contributed by atoms with van der Waals surface area (Å²) in [5.74, 6) is -2.99. The van der Waals surface area contributed by atoms with Crippen molar-refractivity contribution in [3.05, 3.63) is 29.3 Å². The maximum absolute atomic E-state index is 13.8. The molecule has 0 radical (unpaired) electrons. The second kappa shape index (κ2) is 6.92. The molecule has 2 atom stereocenters. The van der Waals surface area contributed by atoms with Crippen molar-refractivity contribution >= 4 is 11.9 Å². The Balaban J connectivity index is 2.81. The first-order valence-corrected chi connectivity index (χ1v) is 5.82. The Morgan fingerprint density at radius 2 is 2.10 bits per heavy atom. The van der Waals surface area contributed by atoms with Crippen LogP contribution in [0.1, 0.15) is 35.5 Å². The fraction of sp³-hybridized carbons (Fsp3) is 0.417. The minimum absolute atomic E-state index is 0.0286.